The lowest BCUT2D eigenvalue weighted by molar-refractivity contribution is -0.132. The maximum atomic E-state index is 11.8. The number of allylic oxidation sites excluding steroid dienone is 2. The Labute approximate surface area is 401 Å². The minimum atomic E-state index is -1.28. The van der Waals surface area contributed by atoms with E-state index in [2.05, 4.69) is 227 Å². The third-order valence-corrected chi connectivity index (χ3v) is 18.0. The lowest BCUT2D eigenvalue weighted by atomic mass is 10.0. The molecule has 1 N–H and O–H groups in total. The summed E-state index contributed by atoms with van der Waals surface area (Å²) in [6.45, 7) is 6.29. The molecule has 0 atom stereocenters. The Bertz CT molecular complexity index is 3110. The fraction of sp³-hybridized carbons (Fsp3) is 0.0196. The number of carboxylic acids is 1. The van der Waals surface area contributed by atoms with Crippen molar-refractivity contribution in [1.29, 1.82) is 5.26 Å². The van der Waals surface area contributed by atoms with E-state index >= 15 is 0 Å². The standard InChI is InChI=1S/C51H33Br4N3O2S2/c1-3-15-41(39-23-12-10-16-31(39)2)57(35-19-6-4-7-20-35)37-26-33(48-46(54)47(55)50(62-48)49-45(53)44(52)43(61-49)28-34(30-56)51(59)60)27-38(29-37)58(36-21-8-5-9-22-36)42-25-14-18-32-17-11-13-24-40(32)42/h3-29H,1H2,2H3,(H,59,60)/b34-28-,41-15+. The lowest BCUT2D eigenvalue weighted by Crippen LogP contribution is -2.17. The van der Waals surface area contributed by atoms with E-state index in [0.29, 0.717) is 9.35 Å². The highest BCUT2D eigenvalue weighted by atomic mass is 79.9. The van der Waals surface area contributed by atoms with Gasteiger partial charge < -0.3 is 14.9 Å². The fourth-order valence-electron chi connectivity index (χ4n) is 7.29. The fourth-order valence-corrected chi connectivity index (χ4v) is 12.8. The molecule has 2 heterocycles. The van der Waals surface area contributed by atoms with Gasteiger partial charge in [0.2, 0.25) is 0 Å². The first-order valence-electron chi connectivity index (χ1n) is 19.1. The lowest BCUT2D eigenvalue weighted by Gasteiger charge is -2.32. The summed E-state index contributed by atoms with van der Waals surface area (Å²) < 4.78 is 3.12. The summed E-state index contributed by atoms with van der Waals surface area (Å²) in [6.07, 6.45) is 5.30. The zero-order valence-electron chi connectivity index (χ0n) is 32.8. The van der Waals surface area contributed by atoms with Crippen molar-refractivity contribution in [2.24, 2.45) is 0 Å². The molecule has 0 saturated heterocycles. The molecule has 0 amide bonds. The molecule has 0 unspecified atom stereocenters. The van der Waals surface area contributed by atoms with Crippen molar-refractivity contribution >= 4 is 143 Å². The first-order valence-corrected chi connectivity index (χ1v) is 23.9. The smallest absolute Gasteiger partial charge is 0.346 e. The molecular formula is C51H33Br4N3O2S2. The van der Waals surface area contributed by atoms with E-state index in [9.17, 15) is 15.2 Å². The number of carbonyl (C=O) groups is 1. The van der Waals surface area contributed by atoms with Gasteiger partial charge in [0.1, 0.15) is 11.6 Å². The van der Waals surface area contributed by atoms with Crippen LogP contribution in [0.25, 0.3) is 42.7 Å². The number of hydrogen-bond donors (Lipinski definition) is 1. The van der Waals surface area contributed by atoms with E-state index in [1.807, 2.05) is 18.2 Å². The first kappa shape index (κ1) is 43.3. The third kappa shape index (κ3) is 8.56. The molecule has 11 heteroatoms. The highest BCUT2D eigenvalue weighted by Crippen LogP contribution is 2.55. The maximum Gasteiger partial charge on any atom is 0.346 e. The van der Waals surface area contributed by atoms with Gasteiger partial charge in [-0.05, 0) is 148 Å². The van der Waals surface area contributed by atoms with Crippen LogP contribution in [0.5, 0.6) is 0 Å². The molecular weight excluding hydrogens is 1070 g/mol. The summed E-state index contributed by atoms with van der Waals surface area (Å²) in [5.74, 6) is -1.28. The van der Waals surface area contributed by atoms with Crippen LogP contribution in [-0.4, -0.2) is 11.1 Å². The van der Waals surface area contributed by atoms with Crippen LogP contribution in [-0.2, 0) is 4.79 Å². The molecule has 0 spiro atoms. The third-order valence-electron chi connectivity index (χ3n) is 10.1. The molecule has 62 heavy (non-hydrogen) atoms. The second-order valence-corrected chi connectivity index (χ2v) is 19.2. The van der Waals surface area contributed by atoms with Gasteiger partial charge in [-0.15, -0.1) is 22.7 Å². The van der Waals surface area contributed by atoms with Crippen LogP contribution in [0.2, 0.25) is 0 Å². The number of benzene rings is 6. The van der Waals surface area contributed by atoms with Crippen molar-refractivity contribution in [3.8, 4) is 26.3 Å². The van der Waals surface area contributed by atoms with Crippen molar-refractivity contribution in [1.82, 2.24) is 0 Å². The van der Waals surface area contributed by atoms with Crippen molar-refractivity contribution in [3.63, 3.8) is 0 Å². The topological polar surface area (TPSA) is 67.6 Å². The van der Waals surface area contributed by atoms with Crippen molar-refractivity contribution in [3.05, 3.63) is 204 Å². The number of rotatable bonds is 12. The molecule has 0 aliphatic carbocycles. The molecule has 0 saturated carbocycles. The predicted octanol–water partition coefficient (Wildman–Crippen LogP) is 17.5. The molecule has 0 aliphatic heterocycles. The van der Waals surface area contributed by atoms with Gasteiger partial charge in [-0.25, -0.2) is 4.79 Å². The number of para-hydroxylation sites is 2. The number of nitrogens with zero attached hydrogens (tertiary/aromatic N) is 3. The van der Waals surface area contributed by atoms with E-state index in [0.717, 1.165) is 89.6 Å². The van der Waals surface area contributed by atoms with Crippen LogP contribution in [0, 0.1) is 18.3 Å². The molecule has 5 nitrogen and oxygen atoms in total. The highest BCUT2D eigenvalue weighted by molar-refractivity contribution is 9.13. The van der Waals surface area contributed by atoms with Gasteiger partial charge in [-0.3, -0.25) is 0 Å². The molecule has 8 aromatic rings. The molecule has 8 rings (SSSR count). The Kier molecular flexibility index (Phi) is 13.3. The predicted molar refractivity (Wildman–Crippen MR) is 275 cm³/mol. The van der Waals surface area contributed by atoms with E-state index in [-0.39, 0.29) is 5.57 Å². The van der Waals surface area contributed by atoms with Crippen LogP contribution in [0.15, 0.2) is 188 Å². The van der Waals surface area contributed by atoms with Gasteiger partial charge in [-0.1, -0.05) is 110 Å². The van der Waals surface area contributed by atoms with Gasteiger partial charge in [-0.2, -0.15) is 5.26 Å². The van der Waals surface area contributed by atoms with Crippen molar-refractivity contribution in [2.75, 3.05) is 9.80 Å². The van der Waals surface area contributed by atoms with Crippen molar-refractivity contribution < 1.29 is 9.90 Å². The zero-order valence-corrected chi connectivity index (χ0v) is 40.8. The molecule has 304 valence electrons. The SMILES string of the molecule is C=C/C=C(\c1ccccc1C)N(c1ccccc1)c1cc(-c2sc(-c3sc(/C=C(/C#N)C(=O)O)c(Br)c3Br)c(Br)c2Br)cc(N(c2ccccc2)c2cccc3ccccc23)c1. The van der Waals surface area contributed by atoms with Crippen LogP contribution in [0.1, 0.15) is 16.0 Å². The number of halogens is 4. The van der Waals surface area contributed by atoms with Crippen LogP contribution in [0.4, 0.5) is 28.4 Å². The number of carboxylic acid groups (broad SMARTS) is 1. The Morgan fingerprint density at radius 3 is 1.97 bits per heavy atom. The van der Waals surface area contributed by atoms with Gasteiger partial charge in [0.15, 0.2) is 0 Å². The number of anilines is 5. The van der Waals surface area contributed by atoms with E-state index in [4.69, 9.17) is 0 Å². The van der Waals surface area contributed by atoms with Gasteiger partial charge >= 0.3 is 5.97 Å². The monoisotopic (exact) mass is 1100 g/mol. The second kappa shape index (κ2) is 19.0. The average molecular weight is 1100 g/mol. The Morgan fingerprint density at radius 1 is 0.677 bits per heavy atom. The number of hydrogen-bond acceptors (Lipinski definition) is 6. The number of aliphatic carboxylic acids is 1. The average Bonchev–Trinajstić information content (AvgIpc) is 3.74. The largest absolute Gasteiger partial charge is 0.477 e. The molecule has 0 fully saturated rings. The maximum absolute atomic E-state index is 11.8. The summed E-state index contributed by atoms with van der Waals surface area (Å²) in [4.78, 5) is 19.8. The summed E-state index contributed by atoms with van der Waals surface area (Å²) in [5, 5.41) is 21.4. The Morgan fingerprint density at radius 2 is 1.27 bits per heavy atom. The second-order valence-electron chi connectivity index (χ2n) is 14.0. The van der Waals surface area contributed by atoms with Gasteiger partial charge in [0, 0.05) is 38.6 Å². The van der Waals surface area contributed by atoms with E-state index in [1.165, 1.54) is 17.4 Å². The number of nitriles is 1. The molecule has 2 aromatic heterocycles. The van der Waals surface area contributed by atoms with Gasteiger partial charge in [0.05, 0.1) is 43.9 Å². The van der Waals surface area contributed by atoms with Gasteiger partial charge in [0.25, 0.3) is 0 Å². The molecule has 0 aliphatic rings. The first-order chi connectivity index (χ1) is 30.1. The minimum absolute atomic E-state index is 0.352. The summed E-state index contributed by atoms with van der Waals surface area (Å²) in [5.41, 5.74) is 8.62. The quantitative estimate of drug-likeness (QED) is 0.0750. The van der Waals surface area contributed by atoms with Crippen molar-refractivity contribution in [2.45, 2.75) is 6.92 Å². The van der Waals surface area contributed by atoms with E-state index < -0.39 is 5.97 Å². The Hall–Kier alpha value is -5.32. The highest BCUT2D eigenvalue weighted by Gasteiger charge is 2.27. The molecule has 0 radical (unpaired) electrons. The minimum Gasteiger partial charge on any atom is -0.477 e. The van der Waals surface area contributed by atoms with Crippen LogP contribution in [0.3, 0.4) is 0 Å². The van der Waals surface area contributed by atoms with Crippen LogP contribution >= 0.6 is 86.4 Å². The summed E-state index contributed by atoms with van der Waals surface area (Å²) in [7, 11) is 0. The zero-order chi connectivity index (χ0) is 43.5. The number of aryl methyl sites for hydroxylation is 1. The Balaban J connectivity index is 1.43. The molecule has 6 aromatic carbocycles. The summed E-state index contributed by atoms with van der Waals surface area (Å²) in [6, 6.07) is 52.6. The molecule has 0 bridgehead atoms. The van der Waals surface area contributed by atoms with E-state index in [1.54, 1.807) is 17.4 Å². The number of thiophene rings is 2. The summed E-state index contributed by atoms with van der Waals surface area (Å²) >= 11 is 18.4. The normalized spacial score (nSPS) is 11.7. The van der Waals surface area contributed by atoms with Crippen LogP contribution < -0.4 is 9.80 Å². The number of fused-ring (bicyclic) bond motifs is 1.